The van der Waals surface area contributed by atoms with Gasteiger partial charge in [0, 0.05) is 11.8 Å². The Bertz CT molecular complexity index is 241. The van der Waals surface area contributed by atoms with Crippen molar-refractivity contribution >= 4 is 12.4 Å². The predicted molar refractivity (Wildman–Crippen MR) is 53.0 cm³/mol. The molecule has 3 aliphatic rings. The smallest absolute Gasteiger partial charge is 0.254 e. The molecule has 0 bridgehead atoms. The Hall–Kier alpha value is 0.110. The van der Waals surface area contributed by atoms with Crippen LogP contribution in [0.25, 0.3) is 0 Å². The Morgan fingerprint density at radius 2 is 1.43 bits per heavy atom. The fourth-order valence-electron chi connectivity index (χ4n) is 3.46. The Balaban J connectivity index is 0.000000750. The normalized spacial score (nSPS) is 34.7. The van der Waals surface area contributed by atoms with Crippen molar-refractivity contribution in [2.24, 2.45) is 10.8 Å². The Morgan fingerprint density at radius 1 is 0.929 bits per heavy atom. The quantitative estimate of drug-likeness (QED) is 0.666. The van der Waals surface area contributed by atoms with E-state index in [1.807, 2.05) is 0 Å². The van der Waals surface area contributed by atoms with Crippen LogP contribution in [0.5, 0.6) is 0 Å². The summed E-state index contributed by atoms with van der Waals surface area (Å²) in [6.07, 6.45) is 4.01. The minimum atomic E-state index is -2.30. The molecule has 4 heteroatoms. The molecule has 2 spiro atoms. The highest BCUT2D eigenvalue weighted by atomic mass is 35.5. The van der Waals surface area contributed by atoms with Crippen LogP contribution < -0.4 is 5.32 Å². The second-order valence-corrected chi connectivity index (χ2v) is 5.27. The molecule has 0 amide bonds. The van der Waals surface area contributed by atoms with E-state index in [4.69, 9.17) is 0 Å². The summed E-state index contributed by atoms with van der Waals surface area (Å²) in [6, 6.07) is 0. The summed E-state index contributed by atoms with van der Waals surface area (Å²) in [5.41, 5.74) is -0.213. The molecular formula is C10H16ClF2N. The summed E-state index contributed by atoms with van der Waals surface area (Å²) >= 11 is 0. The lowest BCUT2D eigenvalue weighted by Gasteiger charge is -2.51. The van der Waals surface area contributed by atoms with Gasteiger partial charge in [-0.05, 0) is 44.2 Å². The van der Waals surface area contributed by atoms with Crippen LogP contribution in [-0.2, 0) is 0 Å². The zero-order valence-corrected chi connectivity index (χ0v) is 8.93. The Morgan fingerprint density at radius 3 is 1.86 bits per heavy atom. The lowest BCUT2D eigenvalue weighted by molar-refractivity contribution is -0.0668. The second kappa shape index (κ2) is 2.82. The minimum absolute atomic E-state index is 0. The zero-order chi connectivity index (χ0) is 9.16. The maximum atomic E-state index is 13.0. The highest BCUT2D eigenvalue weighted by molar-refractivity contribution is 5.85. The van der Waals surface area contributed by atoms with Gasteiger partial charge in [-0.2, -0.15) is 0 Å². The first-order valence-electron chi connectivity index (χ1n) is 5.16. The molecule has 0 radical (unpaired) electrons. The van der Waals surface area contributed by atoms with Gasteiger partial charge in [-0.1, -0.05) is 0 Å². The molecular weight excluding hydrogens is 208 g/mol. The molecule has 3 rings (SSSR count). The van der Waals surface area contributed by atoms with E-state index in [1.54, 1.807) is 0 Å². The van der Waals surface area contributed by atoms with Crippen LogP contribution in [0.4, 0.5) is 8.78 Å². The van der Waals surface area contributed by atoms with Crippen LogP contribution in [0, 0.1) is 10.8 Å². The second-order valence-electron chi connectivity index (χ2n) is 5.27. The SMILES string of the molecule is Cl.FC1(F)CC12CC1(CCNCC1)C2. The van der Waals surface area contributed by atoms with Crippen LogP contribution >= 0.6 is 12.4 Å². The van der Waals surface area contributed by atoms with E-state index in [0.29, 0.717) is 5.41 Å². The van der Waals surface area contributed by atoms with Crippen molar-refractivity contribution in [1.29, 1.82) is 0 Å². The largest absolute Gasteiger partial charge is 0.317 e. The number of alkyl halides is 2. The van der Waals surface area contributed by atoms with Gasteiger partial charge in [-0.15, -0.1) is 12.4 Å². The number of halogens is 3. The molecule has 0 atom stereocenters. The highest BCUT2D eigenvalue weighted by Crippen LogP contribution is 2.77. The van der Waals surface area contributed by atoms with Crippen molar-refractivity contribution in [3.63, 3.8) is 0 Å². The summed E-state index contributed by atoms with van der Waals surface area (Å²) in [5, 5.41) is 3.29. The number of piperidine rings is 1. The van der Waals surface area contributed by atoms with Gasteiger partial charge in [-0.25, -0.2) is 8.78 Å². The van der Waals surface area contributed by atoms with Gasteiger partial charge < -0.3 is 5.32 Å². The number of nitrogens with one attached hydrogen (secondary N) is 1. The van der Waals surface area contributed by atoms with Gasteiger partial charge in [0.1, 0.15) is 0 Å². The third-order valence-electron chi connectivity index (χ3n) is 4.30. The van der Waals surface area contributed by atoms with E-state index >= 15 is 0 Å². The molecule has 1 nitrogen and oxygen atoms in total. The van der Waals surface area contributed by atoms with E-state index in [2.05, 4.69) is 5.32 Å². The first kappa shape index (κ1) is 10.6. The first-order valence-corrected chi connectivity index (χ1v) is 5.16. The Kier molecular flexibility index (Phi) is 2.14. The molecule has 1 heterocycles. The lowest BCUT2D eigenvalue weighted by atomic mass is 9.55. The number of hydrogen-bond donors (Lipinski definition) is 1. The summed E-state index contributed by atoms with van der Waals surface area (Å²) in [4.78, 5) is 0. The van der Waals surface area contributed by atoms with E-state index in [0.717, 1.165) is 38.8 Å². The summed E-state index contributed by atoms with van der Waals surface area (Å²) in [6.45, 7) is 2.06. The monoisotopic (exact) mass is 223 g/mol. The number of rotatable bonds is 0. The molecule has 1 aliphatic heterocycles. The molecule has 0 aromatic heterocycles. The van der Waals surface area contributed by atoms with Crippen LogP contribution in [0.15, 0.2) is 0 Å². The van der Waals surface area contributed by atoms with Gasteiger partial charge in [0.05, 0.1) is 0 Å². The van der Waals surface area contributed by atoms with E-state index in [-0.39, 0.29) is 18.8 Å². The maximum absolute atomic E-state index is 13.0. The topological polar surface area (TPSA) is 12.0 Å². The van der Waals surface area contributed by atoms with Crippen molar-refractivity contribution in [1.82, 2.24) is 5.32 Å². The average Bonchev–Trinajstić information content (AvgIpc) is 2.54. The van der Waals surface area contributed by atoms with Gasteiger partial charge in [0.25, 0.3) is 5.92 Å². The summed E-state index contributed by atoms with van der Waals surface area (Å²) in [7, 11) is 0. The first-order chi connectivity index (χ1) is 6.08. The molecule has 82 valence electrons. The average molecular weight is 224 g/mol. The molecule has 0 aromatic rings. The van der Waals surface area contributed by atoms with Gasteiger partial charge in [0.2, 0.25) is 0 Å². The van der Waals surface area contributed by atoms with Crippen LogP contribution in [0.3, 0.4) is 0 Å². The van der Waals surface area contributed by atoms with Crippen molar-refractivity contribution in [3.8, 4) is 0 Å². The fraction of sp³-hybridized carbons (Fsp3) is 1.00. The number of hydrogen-bond acceptors (Lipinski definition) is 1. The fourth-order valence-corrected chi connectivity index (χ4v) is 3.46. The van der Waals surface area contributed by atoms with Gasteiger partial charge in [0.15, 0.2) is 0 Å². The third kappa shape index (κ3) is 1.21. The highest BCUT2D eigenvalue weighted by Gasteiger charge is 2.78. The zero-order valence-electron chi connectivity index (χ0n) is 8.11. The van der Waals surface area contributed by atoms with Crippen LogP contribution in [0.2, 0.25) is 0 Å². The van der Waals surface area contributed by atoms with Crippen molar-refractivity contribution < 1.29 is 8.78 Å². The molecule has 2 aliphatic carbocycles. The summed E-state index contributed by atoms with van der Waals surface area (Å²) in [5.74, 6) is -2.30. The maximum Gasteiger partial charge on any atom is 0.254 e. The third-order valence-corrected chi connectivity index (χ3v) is 4.30. The molecule has 14 heavy (non-hydrogen) atoms. The van der Waals surface area contributed by atoms with Gasteiger partial charge in [-0.3, -0.25) is 0 Å². The van der Waals surface area contributed by atoms with E-state index < -0.39 is 11.3 Å². The standard InChI is InChI=1S/C10H15F2N.ClH/c11-10(12)7-9(10)5-8(6-9)1-3-13-4-2-8;/h13H,1-7H2;1H. The molecule has 1 saturated heterocycles. The van der Waals surface area contributed by atoms with Crippen LogP contribution in [-0.4, -0.2) is 19.0 Å². The minimum Gasteiger partial charge on any atom is -0.317 e. The van der Waals surface area contributed by atoms with Crippen molar-refractivity contribution in [2.45, 2.75) is 38.0 Å². The van der Waals surface area contributed by atoms with E-state index in [1.165, 1.54) is 0 Å². The van der Waals surface area contributed by atoms with E-state index in [9.17, 15) is 8.78 Å². The van der Waals surface area contributed by atoms with Crippen molar-refractivity contribution in [2.75, 3.05) is 13.1 Å². The van der Waals surface area contributed by atoms with Crippen LogP contribution in [0.1, 0.15) is 32.1 Å². The molecule has 0 unspecified atom stereocenters. The van der Waals surface area contributed by atoms with Gasteiger partial charge >= 0.3 is 0 Å². The molecule has 0 aromatic carbocycles. The molecule has 3 fully saturated rings. The molecule has 1 N–H and O–H groups in total. The molecule has 2 saturated carbocycles. The predicted octanol–water partition coefficient (Wildman–Crippen LogP) is 2.60. The summed E-state index contributed by atoms with van der Waals surface area (Å²) < 4.78 is 25.9. The lowest BCUT2D eigenvalue weighted by Crippen LogP contribution is -2.48. The van der Waals surface area contributed by atoms with Crippen molar-refractivity contribution in [3.05, 3.63) is 0 Å². The Labute approximate surface area is 89.0 Å².